The first-order valence-electron chi connectivity index (χ1n) is 11.9. The number of fused-ring (bicyclic) bond motifs is 1. The Morgan fingerprint density at radius 3 is 2.15 bits per heavy atom. The zero-order valence-electron chi connectivity index (χ0n) is 18.5. The van der Waals surface area contributed by atoms with E-state index in [0.717, 1.165) is 17.2 Å². The van der Waals surface area contributed by atoms with Crippen molar-refractivity contribution in [1.29, 1.82) is 0 Å². The summed E-state index contributed by atoms with van der Waals surface area (Å²) in [4.78, 5) is 40.5. The molecule has 4 aliphatic carbocycles. The molecule has 6 atom stereocenters. The van der Waals surface area contributed by atoms with Gasteiger partial charge in [0.1, 0.15) is 5.75 Å². The highest BCUT2D eigenvalue weighted by Gasteiger charge is 2.67. The zero-order valence-corrected chi connectivity index (χ0v) is 18.5. The van der Waals surface area contributed by atoms with Crippen LogP contribution in [0.3, 0.4) is 0 Å². The van der Waals surface area contributed by atoms with Gasteiger partial charge in [-0.05, 0) is 71.2 Å². The Kier molecular flexibility index (Phi) is 4.14. The average Bonchev–Trinajstić information content (AvgIpc) is 3.66. The summed E-state index contributed by atoms with van der Waals surface area (Å²) in [7, 11) is 0. The molecular weight excluding hydrogens is 426 g/mol. The third-order valence-electron chi connectivity index (χ3n) is 8.20. The fourth-order valence-electron chi connectivity index (χ4n) is 6.50. The standard InChI is InChI=1S/C29H23NO4/c31-25(18-6-5-16-3-1-2-4-17(16)13-18)15-34-20-9-7-19(8-10-20)30-28(32)26-21-11-12-22(24-14-23(21)24)27(26)29(30)33/h1-13,21-24,26-27H,14-15H2/t21-,22+,23?,24?,26-,27+. The molecule has 0 radical (unpaired) electrons. The Balaban J connectivity index is 1.05. The van der Waals surface area contributed by atoms with E-state index in [-0.39, 0.29) is 47.9 Å². The Hall–Kier alpha value is -3.73. The maximum Gasteiger partial charge on any atom is 0.238 e. The number of ether oxygens (including phenoxy) is 1. The van der Waals surface area contributed by atoms with Crippen LogP contribution in [0.5, 0.6) is 5.75 Å². The van der Waals surface area contributed by atoms with Gasteiger partial charge in [0, 0.05) is 5.56 Å². The van der Waals surface area contributed by atoms with E-state index in [0.29, 0.717) is 28.8 Å². The number of allylic oxidation sites excluding steroid dienone is 2. The lowest BCUT2D eigenvalue weighted by atomic mass is 9.63. The summed E-state index contributed by atoms with van der Waals surface area (Å²) in [6.07, 6.45) is 5.51. The zero-order chi connectivity index (χ0) is 23.0. The van der Waals surface area contributed by atoms with Crippen molar-refractivity contribution in [2.24, 2.45) is 35.5 Å². The number of anilines is 1. The monoisotopic (exact) mass is 449 g/mol. The number of carbonyl (C=O) groups excluding carboxylic acids is 3. The predicted molar refractivity (Wildman–Crippen MR) is 127 cm³/mol. The molecule has 2 amide bonds. The van der Waals surface area contributed by atoms with Crippen LogP contribution < -0.4 is 9.64 Å². The number of rotatable bonds is 5. The van der Waals surface area contributed by atoms with E-state index in [1.807, 2.05) is 42.5 Å². The smallest absolute Gasteiger partial charge is 0.238 e. The van der Waals surface area contributed by atoms with E-state index in [1.54, 1.807) is 24.3 Å². The van der Waals surface area contributed by atoms with Crippen molar-refractivity contribution in [3.8, 4) is 5.75 Å². The van der Waals surface area contributed by atoms with Crippen LogP contribution in [0.15, 0.2) is 78.9 Å². The topological polar surface area (TPSA) is 63.7 Å². The molecule has 2 saturated carbocycles. The molecule has 1 saturated heterocycles. The summed E-state index contributed by atoms with van der Waals surface area (Å²) in [6.45, 7) is -0.0821. The van der Waals surface area contributed by atoms with Gasteiger partial charge in [0.25, 0.3) is 0 Å². The number of carbonyl (C=O) groups is 3. The minimum absolute atomic E-state index is 0.0696. The average molecular weight is 450 g/mol. The molecular formula is C29H23NO4. The van der Waals surface area contributed by atoms with Gasteiger partial charge in [-0.3, -0.25) is 19.3 Å². The Labute approximate surface area is 197 Å². The molecule has 1 aliphatic heterocycles. The van der Waals surface area contributed by atoms with Crippen molar-refractivity contribution in [3.05, 3.63) is 84.4 Å². The van der Waals surface area contributed by atoms with Crippen molar-refractivity contribution < 1.29 is 19.1 Å². The third-order valence-corrected chi connectivity index (χ3v) is 8.20. The molecule has 0 spiro atoms. The summed E-state index contributed by atoms with van der Waals surface area (Å²) < 4.78 is 5.72. The number of benzene rings is 3. The molecule has 168 valence electrons. The molecule has 3 aromatic rings. The molecule has 3 fully saturated rings. The van der Waals surface area contributed by atoms with Gasteiger partial charge in [-0.25, -0.2) is 0 Å². The Morgan fingerprint density at radius 2 is 1.47 bits per heavy atom. The molecule has 8 rings (SSSR count). The van der Waals surface area contributed by atoms with Crippen LogP contribution in [0, 0.1) is 35.5 Å². The molecule has 5 nitrogen and oxygen atoms in total. The van der Waals surface area contributed by atoms with Gasteiger partial charge in [0.2, 0.25) is 11.8 Å². The second kappa shape index (κ2) is 7.13. The number of Topliss-reactive ketones (excluding diaryl/α,β-unsaturated/α-hetero) is 1. The molecule has 0 aromatic heterocycles. The van der Waals surface area contributed by atoms with E-state index in [9.17, 15) is 14.4 Å². The molecule has 34 heavy (non-hydrogen) atoms. The molecule has 2 bridgehead atoms. The summed E-state index contributed by atoms with van der Waals surface area (Å²) in [6, 6.07) is 20.4. The molecule has 0 N–H and O–H groups in total. The summed E-state index contributed by atoms with van der Waals surface area (Å²) >= 11 is 0. The first kappa shape index (κ1) is 19.7. The SMILES string of the molecule is O=C(COc1ccc(N2C(=O)[C@@H]3[C@H](C2=O)[C@@H]2C=C[C@H]3C3CC32)cc1)c1ccc2ccccc2c1. The maximum absolute atomic E-state index is 13.2. The maximum atomic E-state index is 13.2. The van der Waals surface area contributed by atoms with Crippen molar-refractivity contribution in [2.75, 3.05) is 11.5 Å². The van der Waals surface area contributed by atoms with E-state index in [2.05, 4.69) is 12.2 Å². The van der Waals surface area contributed by atoms with Crippen LogP contribution in [-0.4, -0.2) is 24.2 Å². The number of hydrogen-bond acceptors (Lipinski definition) is 4. The van der Waals surface area contributed by atoms with E-state index >= 15 is 0 Å². The third kappa shape index (κ3) is 2.82. The highest BCUT2D eigenvalue weighted by atomic mass is 16.5. The van der Waals surface area contributed by atoms with Crippen LogP contribution in [-0.2, 0) is 9.59 Å². The van der Waals surface area contributed by atoms with Gasteiger partial charge in [-0.1, -0.05) is 48.6 Å². The van der Waals surface area contributed by atoms with Crippen LogP contribution in [0.2, 0.25) is 0 Å². The first-order valence-corrected chi connectivity index (χ1v) is 11.9. The Bertz CT molecular complexity index is 1350. The van der Waals surface area contributed by atoms with Gasteiger partial charge in [0.15, 0.2) is 12.4 Å². The van der Waals surface area contributed by atoms with Crippen LogP contribution >= 0.6 is 0 Å². The van der Waals surface area contributed by atoms with Gasteiger partial charge in [-0.2, -0.15) is 0 Å². The molecule has 5 heteroatoms. The minimum atomic E-state index is -0.207. The van der Waals surface area contributed by atoms with Crippen LogP contribution in [0.25, 0.3) is 10.8 Å². The second-order valence-electron chi connectivity index (χ2n) is 9.93. The Morgan fingerprint density at radius 1 is 0.824 bits per heavy atom. The van der Waals surface area contributed by atoms with Gasteiger partial charge >= 0.3 is 0 Å². The molecule has 1 heterocycles. The fraction of sp³-hybridized carbons (Fsp3) is 0.276. The highest BCUT2D eigenvalue weighted by Crippen LogP contribution is 2.65. The van der Waals surface area contributed by atoms with Crippen molar-refractivity contribution >= 4 is 34.1 Å². The summed E-state index contributed by atoms with van der Waals surface area (Å²) in [5.41, 5.74) is 1.18. The number of nitrogens with zero attached hydrogens (tertiary/aromatic N) is 1. The molecule has 2 unspecified atom stereocenters. The van der Waals surface area contributed by atoms with Gasteiger partial charge in [-0.15, -0.1) is 0 Å². The highest BCUT2D eigenvalue weighted by molar-refractivity contribution is 6.22. The van der Waals surface area contributed by atoms with E-state index in [4.69, 9.17) is 4.74 Å². The van der Waals surface area contributed by atoms with Crippen LogP contribution in [0.4, 0.5) is 5.69 Å². The minimum Gasteiger partial charge on any atom is -0.485 e. The van der Waals surface area contributed by atoms with Crippen LogP contribution in [0.1, 0.15) is 16.8 Å². The summed E-state index contributed by atoms with van der Waals surface area (Å²) in [5.74, 6) is 1.47. The van der Waals surface area contributed by atoms with Gasteiger partial charge < -0.3 is 4.74 Å². The number of hydrogen-bond donors (Lipinski definition) is 0. The fourth-order valence-corrected chi connectivity index (χ4v) is 6.50. The van der Waals surface area contributed by atoms with Crippen molar-refractivity contribution in [2.45, 2.75) is 6.42 Å². The van der Waals surface area contributed by atoms with Gasteiger partial charge in [0.05, 0.1) is 17.5 Å². The number of ketones is 1. The molecule has 5 aliphatic rings. The lowest BCUT2D eigenvalue weighted by molar-refractivity contribution is -0.124. The second-order valence-corrected chi connectivity index (χ2v) is 9.93. The van der Waals surface area contributed by atoms with Crippen molar-refractivity contribution in [3.63, 3.8) is 0 Å². The first-order chi connectivity index (χ1) is 16.6. The molecule has 3 aromatic carbocycles. The van der Waals surface area contributed by atoms with E-state index in [1.165, 1.54) is 4.90 Å². The summed E-state index contributed by atoms with van der Waals surface area (Å²) in [5, 5.41) is 2.10. The van der Waals surface area contributed by atoms with Crippen molar-refractivity contribution in [1.82, 2.24) is 0 Å². The lowest BCUT2D eigenvalue weighted by Gasteiger charge is -2.37. The normalized spacial score (nSPS) is 30.4. The number of imide groups is 1. The van der Waals surface area contributed by atoms with E-state index < -0.39 is 0 Å². The predicted octanol–water partition coefficient (Wildman–Crippen LogP) is 4.66. The number of amides is 2. The largest absolute Gasteiger partial charge is 0.485 e. The quantitative estimate of drug-likeness (QED) is 0.323. The lowest BCUT2D eigenvalue weighted by Crippen LogP contribution is -2.40.